The molecule has 0 aliphatic rings. The number of halogens is 2. The van der Waals surface area contributed by atoms with E-state index in [2.05, 4.69) is 15.9 Å². The van der Waals surface area contributed by atoms with Crippen LogP contribution in [0, 0.1) is 17.1 Å². The van der Waals surface area contributed by atoms with Crippen LogP contribution < -0.4 is 0 Å². The van der Waals surface area contributed by atoms with Gasteiger partial charge in [0, 0.05) is 17.3 Å². The third-order valence-corrected chi connectivity index (χ3v) is 2.52. The van der Waals surface area contributed by atoms with Crippen LogP contribution in [-0.2, 0) is 0 Å². The van der Waals surface area contributed by atoms with Crippen molar-refractivity contribution in [1.29, 1.82) is 5.26 Å². The lowest BCUT2D eigenvalue weighted by atomic mass is 10.0. The predicted octanol–water partition coefficient (Wildman–Crippen LogP) is 3.06. The molecule has 1 rings (SSSR count). The fourth-order valence-electron chi connectivity index (χ4n) is 1.23. The first-order valence-corrected chi connectivity index (χ1v) is 5.60. The summed E-state index contributed by atoms with van der Waals surface area (Å²) in [6.07, 6.45) is 1.00. The number of carbonyl (C=O) groups is 1. The van der Waals surface area contributed by atoms with Gasteiger partial charge < -0.3 is 0 Å². The topological polar surface area (TPSA) is 40.9 Å². The number of nitrogens with zero attached hydrogens (tertiary/aromatic N) is 1. The van der Waals surface area contributed by atoms with E-state index in [1.807, 2.05) is 0 Å². The van der Waals surface area contributed by atoms with Gasteiger partial charge in [0.1, 0.15) is 11.9 Å². The molecule has 0 aromatic heterocycles. The molecule has 1 aromatic carbocycles. The molecule has 0 N–H and O–H groups in total. The summed E-state index contributed by atoms with van der Waals surface area (Å²) in [4.78, 5) is 11.6. The molecule has 0 aliphatic heterocycles. The number of ketones is 1. The van der Waals surface area contributed by atoms with Crippen LogP contribution in [0.3, 0.4) is 0 Å². The van der Waals surface area contributed by atoms with Gasteiger partial charge in [-0.15, -0.1) is 0 Å². The van der Waals surface area contributed by atoms with Crippen molar-refractivity contribution in [3.8, 4) is 6.07 Å². The molecule has 2 nitrogen and oxygen atoms in total. The fraction of sp³-hybridized carbons (Fsp3) is 0.273. The van der Waals surface area contributed by atoms with E-state index in [0.29, 0.717) is 12.8 Å². The van der Waals surface area contributed by atoms with Crippen molar-refractivity contribution < 1.29 is 9.18 Å². The van der Waals surface area contributed by atoms with Crippen LogP contribution in [0.25, 0.3) is 0 Å². The minimum atomic E-state index is -0.637. The highest BCUT2D eigenvalue weighted by Gasteiger charge is 2.13. The van der Waals surface area contributed by atoms with Crippen molar-refractivity contribution in [2.75, 3.05) is 5.33 Å². The van der Waals surface area contributed by atoms with Crippen molar-refractivity contribution in [1.82, 2.24) is 0 Å². The third-order valence-electron chi connectivity index (χ3n) is 1.96. The highest BCUT2D eigenvalue weighted by molar-refractivity contribution is 9.09. The lowest BCUT2D eigenvalue weighted by Gasteiger charge is -2.02. The van der Waals surface area contributed by atoms with E-state index in [-0.39, 0.29) is 16.9 Å². The molecule has 0 heterocycles. The van der Waals surface area contributed by atoms with Gasteiger partial charge in [0.2, 0.25) is 0 Å². The largest absolute Gasteiger partial charge is 0.294 e. The van der Waals surface area contributed by atoms with Crippen molar-refractivity contribution in [2.24, 2.45) is 0 Å². The van der Waals surface area contributed by atoms with Crippen LogP contribution >= 0.6 is 15.9 Å². The van der Waals surface area contributed by atoms with Crippen LogP contribution in [0.5, 0.6) is 0 Å². The van der Waals surface area contributed by atoms with Crippen LogP contribution in [0.1, 0.15) is 28.8 Å². The second kappa shape index (κ2) is 5.62. The highest BCUT2D eigenvalue weighted by Crippen LogP contribution is 2.15. The van der Waals surface area contributed by atoms with Gasteiger partial charge >= 0.3 is 0 Å². The van der Waals surface area contributed by atoms with Crippen LogP contribution in [0.15, 0.2) is 18.2 Å². The van der Waals surface area contributed by atoms with E-state index in [1.165, 1.54) is 18.2 Å². The summed E-state index contributed by atoms with van der Waals surface area (Å²) < 4.78 is 13.1. The first-order chi connectivity index (χ1) is 7.20. The zero-order chi connectivity index (χ0) is 11.3. The van der Waals surface area contributed by atoms with Gasteiger partial charge in [-0.1, -0.05) is 22.0 Å². The van der Waals surface area contributed by atoms with Gasteiger partial charge in [-0.25, -0.2) is 4.39 Å². The summed E-state index contributed by atoms with van der Waals surface area (Å²) in [7, 11) is 0. The number of hydrogen-bond acceptors (Lipinski definition) is 2. The number of carbonyl (C=O) groups excluding carboxylic acids is 1. The maximum atomic E-state index is 13.1. The zero-order valence-electron chi connectivity index (χ0n) is 7.96. The number of hydrogen-bond donors (Lipinski definition) is 0. The Morgan fingerprint density at radius 1 is 1.53 bits per heavy atom. The molecular formula is C11H9BrFNO. The average Bonchev–Trinajstić information content (AvgIpc) is 2.25. The monoisotopic (exact) mass is 269 g/mol. The molecule has 4 heteroatoms. The summed E-state index contributed by atoms with van der Waals surface area (Å²) in [6.45, 7) is 0. The van der Waals surface area contributed by atoms with Gasteiger partial charge in [0.25, 0.3) is 0 Å². The van der Waals surface area contributed by atoms with E-state index < -0.39 is 5.82 Å². The summed E-state index contributed by atoms with van der Waals surface area (Å²) in [5.41, 5.74) is 0.0236. The van der Waals surface area contributed by atoms with Gasteiger partial charge in [0.15, 0.2) is 5.78 Å². The molecule has 0 radical (unpaired) electrons. The van der Waals surface area contributed by atoms with Crippen molar-refractivity contribution in [3.63, 3.8) is 0 Å². The highest BCUT2D eigenvalue weighted by atomic mass is 79.9. The molecule has 0 unspecified atom stereocenters. The van der Waals surface area contributed by atoms with E-state index in [1.54, 1.807) is 6.07 Å². The molecule has 0 fully saturated rings. The molecule has 0 bridgehead atoms. The molecule has 78 valence electrons. The molecule has 1 aromatic rings. The number of alkyl halides is 1. The summed E-state index contributed by atoms with van der Waals surface area (Å²) in [5.74, 6) is -0.826. The van der Waals surface area contributed by atoms with Crippen LogP contribution in [0.4, 0.5) is 4.39 Å². The lowest BCUT2D eigenvalue weighted by molar-refractivity contribution is 0.0981. The van der Waals surface area contributed by atoms with Gasteiger partial charge in [0.05, 0.1) is 5.56 Å². The quantitative estimate of drug-likeness (QED) is 0.623. The Morgan fingerprint density at radius 2 is 2.27 bits per heavy atom. The lowest BCUT2D eigenvalue weighted by Crippen LogP contribution is -2.04. The Kier molecular flexibility index (Phi) is 4.44. The normalized spacial score (nSPS) is 9.67. The molecule has 0 spiro atoms. The molecule has 0 aliphatic carbocycles. The third kappa shape index (κ3) is 2.87. The average molecular weight is 270 g/mol. The second-order valence-corrected chi connectivity index (χ2v) is 3.78. The number of benzene rings is 1. The van der Waals surface area contributed by atoms with Crippen LogP contribution in [-0.4, -0.2) is 11.1 Å². The smallest absolute Gasteiger partial charge is 0.164 e. The molecule has 0 atom stereocenters. The number of nitriles is 1. The Balaban J connectivity index is 2.99. The maximum Gasteiger partial charge on any atom is 0.164 e. The SMILES string of the molecule is N#Cc1c(F)cccc1C(=O)CCCBr. The molecular weight excluding hydrogens is 261 g/mol. The first kappa shape index (κ1) is 11.9. The minimum Gasteiger partial charge on any atom is -0.294 e. The Morgan fingerprint density at radius 3 is 2.87 bits per heavy atom. The van der Waals surface area contributed by atoms with Crippen molar-refractivity contribution >= 4 is 21.7 Å². The maximum absolute atomic E-state index is 13.1. The van der Waals surface area contributed by atoms with Gasteiger partial charge in [-0.2, -0.15) is 5.26 Å². The standard InChI is InChI=1S/C11H9BrFNO/c12-6-2-5-11(15)8-3-1-4-10(13)9(8)7-14/h1,3-4H,2,5-6H2. The number of rotatable bonds is 4. The van der Waals surface area contributed by atoms with E-state index in [4.69, 9.17) is 5.26 Å². The fourth-order valence-corrected chi connectivity index (χ4v) is 1.51. The van der Waals surface area contributed by atoms with E-state index in [9.17, 15) is 9.18 Å². The molecule has 0 saturated carbocycles. The second-order valence-electron chi connectivity index (χ2n) is 2.99. The van der Waals surface area contributed by atoms with Crippen molar-refractivity contribution in [3.05, 3.63) is 35.1 Å². The molecule has 0 amide bonds. The van der Waals surface area contributed by atoms with Crippen LogP contribution in [0.2, 0.25) is 0 Å². The summed E-state index contributed by atoms with van der Waals surface area (Å²) in [5, 5.41) is 9.44. The van der Waals surface area contributed by atoms with E-state index in [0.717, 1.165) is 5.33 Å². The number of Topliss-reactive ketones (excluding diaryl/α,β-unsaturated/α-hetero) is 1. The van der Waals surface area contributed by atoms with Gasteiger partial charge in [-0.3, -0.25) is 4.79 Å². The Hall–Kier alpha value is -1.21. The first-order valence-electron chi connectivity index (χ1n) is 4.48. The zero-order valence-corrected chi connectivity index (χ0v) is 9.55. The Bertz CT molecular complexity index is 412. The molecule has 0 saturated heterocycles. The molecule has 15 heavy (non-hydrogen) atoms. The van der Waals surface area contributed by atoms with Gasteiger partial charge in [-0.05, 0) is 18.6 Å². The Labute approximate surface area is 95.8 Å². The van der Waals surface area contributed by atoms with Crippen molar-refractivity contribution in [2.45, 2.75) is 12.8 Å². The summed E-state index contributed by atoms with van der Waals surface area (Å²) in [6, 6.07) is 5.82. The minimum absolute atomic E-state index is 0.155. The van der Waals surface area contributed by atoms with E-state index >= 15 is 0 Å². The predicted molar refractivity (Wildman–Crippen MR) is 58.5 cm³/mol. The summed E-state index contributed by atoms with van der Waals surface area (Å²) >= 11 is 3.21.